The third kappa shape index (κ3) is 4.48. The lowest BCUT2D eigenvalue weighted by Crippen LogP contribution is -2.42. The van der Waals surface area contributed by atoms with E-state index < -0.39 is 0 Å². The van der Waals surface area contributed by atoms with Crippen LogP contribution in [-0.4, -0.2) is 49.6 Å². The van der Waals surface area contributed by atoms with E-state index in [-0.39, 0.29) is 12.1 Å². The number of aryl methyl sites for hydroxylation is 1. The Labute approximate surface area is 214 Å². The molecule has 7 nitrogen and oxygen atoms in total. The molecule has 4 unspecified atom stereocenters. The summed E-state index contributed by atoms with van der Waals surface area (Å²) in [5, 5.41) is 7.46. The lowest BCUT2D eigenvalue weighted by atomic mass is 9.91. The summed E-state index contributed by atoms with van der Waals surface area (Å²) in [5.41, 5.74) is 19.1. The molecule has 0 aromatic heterocycles. The number of nitrogen functional groups attached to an aromatic ring is 1. The van der Waals surface area contributed by atoms with Crippen molar-refractivity contribution in [2.75, 3.05) is 37.7 Å². The first kappa shape index (κ1) is 24.4. The van der Waals surface area contributed by atoms with Crippen LogP contribution in [0.2, 0.25) is 0 Å². The monoisotopic (exact) mass is 486 g/mol. The zero-order valence-corrected chi connectivity index (χ0v) is 21.5. The van der Waals surface area contributed by atoms with E-state index in [1.807, 2.05) is 18.2 Å². The summed E-state index contributed by atoms with van der Waals surface area (Å²) >= 11 is 0. The molecular weight excluding hydrogens is 448 g/mol. The Kier molecular flexibility index (Phi) is 6.75. The Morgan fingerprint density at radius 1 is 1.22 bits per heavy atom. The van der Waals surface area contributed by atoms with Crippen LogP contribution >= 0.6 is 0 Å². The van der Waals surface area contributed by atoms with Crippen molar-refractivity contribution in [2.24, 2.45) is 28.5 Å². The van der Waals surface area contributed by atoms with Gasteiger partial charge in [0, 0.05) is 61.8 Å². The Morgan fingerprint density at radius 2 is 1.94 bits per heavy atom. The van der Waals surface area contributed by atoms with Gasteiger partial charge in [-0.15, -0.1) is 0 Å². The summed E-state index contributed by atoms with van der Waals surface area (Å²) < 4.78 is 0. The van der Waals surface area contributed by atoms with Gasteiger partial charge in [0.05, 0.1) is 11.9 Å². The third-order valence-corrected chi connectivity index (χ3v) is 8.14. The van der Waals surface area contributed by atoms with E-state index in [9.17, 15) is 4.79 Å². The van der Waals surface area contributed by atoms with Gasteiger partial charge in [-0.1, -0.05) is 37.3 Å². The molecule has 190 valence electrons. The van der Waals surface area contributed by atoms with E-state index in [1.54, 1.807) is 20.2 Å². The second kappa shape index (κ2) is 9.97. The number of rotatable bonds is 8. The maximum absolute atomic E-state index is 11.7. The number of Topliss-reactive ketones (excluding diaryl/α,β-unsaturated/α-hetero) is 1. The third-order valence-electron chi connectivity index (χ3n) is 8.14. The number of hydrogen-bond acceptors (Lipinski definition) is 7. The molecule has 36 heavy (non-hydrogen) atoms. The lowest BCUT2D eigenvalue weighted by Gasteiger charge is -2.33. The summed E-state index contributed by atoms with van der Waals surface area (Å²) in [6.07, 6.45) is 5.94. The molecule has 2 aromatic carbocycles. The van der Waals surface area contributed by atoms with Crippen molar-refractivity contribution in [3.8, 4) is 0 Å². The number of ketones is 1. The van der Waals surface area contributed by atoms with Gasteiger partial charge in [0.15, 0.2) is 0 Å². The standard InChI is InChI=1S/C29H38N6O/c1-4-18-7-5-9-21(28(31)20-8-6-10-25(30)22(20)14-32-3)29(18)34-19-11-12-26(33-13-19)35-15-23-24(16-35)27(23)17(2)36/h5-10,12,14,19,23-24,27-28,33-34H,4,11,13,15-16,30-31H2,1-3H3. The molecule has 2 aromatic rings. The van der Waals surface area contributed by atoms with Gasteiger partial charge in [-0.3, -0.25) is 9.79 Å². The average Bonchev–Trinajstić information content (AvgIpc) is 3.40. The molecule has 0 spiro atoms. The number of carbonyl (C=O) groups excluding carboxylic acids is 1. The first-order valence-electron chi connectivity index (χ1n) is 13.1. The van der Waals surface area contributed by atoms with Crippen LogP contribution in [0.3, 0.4) is 0 Å². The number of fused-ring (bicyclic) bond motifs is 1. The Bertz CT molecular complexity index is 1190. The molecule has 1 saturated heterocycles. The molecule has 0 amide bonds. The number of anilines is 2. The van der Waals surface area contributed by atoms with Gasteiger partial charge in [-0.2, -0.15) is 0 Å². The molecule has 3 aliphatic rings. The van der Waals surface area contributed by atoms with Gasteiger partial charge < -0.3 is 27.0 Å². The van der Waals surface area contributed by atoms with Crippen LogP contribution in [0.15, 0.2) is 53.3 Å². The van der Waals surface area contributed by atoms with Crippen molar-refractivity contribution in [2.45, 2.75) is 38.8 Å². The largest absolute Gasteiger partial charge is 0.398 e. The Hall–Kier alpha value is -3.32. The number of hydrogen-bond donors (Lipinski definition) is 4. The highest BCUT2D eigenvalue weighted by Gasteiger charge is 2.58. The predicted molar refractivity (Wildman–Crippen MR) is 147 cm³/mol. The fourth-order valence-electron chi connectivity index (χ4n) is 6.19. The van der Waals surface area contributed by atoms with Crippen molar-refractivity contribution in [3.05, 3.63) is 70.5 Å². The molecule has 2 aliphatic heterocycles. The summed E-state index contributed by atoms with van der Waals surface area (Å²) in [4.78, 5) is 18.3. The van der Waals surface area contributed by atoms with Crippen molar-refractivity contribution in [1.29, 1.82) is 0 Å². The molecular formula is C29H38N6O. The minimum Gasteiger partial charge on any atom is -0.398 e. The number of benzene rings is 2. The smallest absolute Gasteiger partial charge is 0.133 e. The molecule has 6 N–H and O–H groups in total. The summed E-state index contributed by atoms with van der Waals surface area (Å²) in [5.74, 6) is 2.98. The molecule has 4 atom stereocenters. The quantitative estimate of drug-likeness (QED) is 0.337. The van der Waals surface area contributed by atoms with Gasteiger partial charge in [0.1, 0.15) is 5.78 Å². The number of nitrogens with one attached hydrogen (secondary N) is 2. The van der Waals surface area contributed by atoms with Gasteiger partial charge in [-0.05, 0) is 60.4 Å². The van der Waals surface area contributed by atoms with E-state index in [0.29, 0.717) is 29.2 Å². The van der Waals surface area contributed by atoms with Crippen LogP contribution in [0.5, 0.6) is 0 Å². The lowest BCUT2D eigenvalue weighted by molar-refractivity contribution is -0.119. The van der Waals surface area contributed by atoms with Crippen molar-refractivity contribution in [1.82, 2.24) is 10.2 Å². The Balaban J connectivity index is 1.33. The number of nitrogens with two attached hydrogens (primary N) is 2. The number of aliphatic imine (C=N–C) groups is 1. The molecule has 1 aliphatic carbocycles. The average molecular weight is 487 g/mol. The highest BCUT2D eigenvalue weighted by Crippen LogP contribution is 2.52. The van der Waals surface area contributed by atoms with Crippen molar-refractivity contribution in [3.63, 3.8) is 0 Å². The van der Waals surface area contributed by atoms with E-state index in [4.69, 9.17) is 11.5 Å². The minimum atomic E-state index is -0.330. The first-order valence-corrected chi connectivity index (χ1v) is 13.1. The molecule has 2 fully saturated rings. The first-order chi connectivity index (χ1) is 17.4. The normalized spacial score (nSPS) is 25.8. The summed E-state index contributed by atoms with van der Waals surface area (Å²) in [7, 11) is 1.75. The molecule has 0 radical (unpaired) electrons. The van der Waals surface area contributed by atoms with Gasteiger partial charge in [0.25, 0.3) is 0 Å². The topological polar surface area (TPSA) is 109 Å². The fraction of sp³-hybridized carbons (Fsp3) is 0.448. The van der Waals surface area contributed by atoms with E-state index in [1.165, 1.54) is 11.4 Å². The summed E-state index contributed by atoms with van der Waals surface area (Å²) in [6.45, 7) is 6.74. The molecule has 7 heteroatoms. The highest BCUT2D eigenvalue weighted by molar-refractivity contribution is 5.89. The minimum absolute atomic E-state index is 0.257. The van der Waals surface area contributed by atoms with E-state index in [2.05, 4.69) is 51.7 Å². The maximum Gasteiger partial charge on any atom is 0.133 e. The van der Waals surface area contributed by atoms with Crippen LogP contribution in [0, 0.1) is 17.8 Å². The van der Waals surface area contributed by atoms with Crippen LogP contribution in [-0.2, 0) is 11.2 Å². The SMILES string of the molecule is CCc1cccc(C(N)c2cccc(N)c2C=NC)c1NC1CC=C(N2CC3C(C2)C3C(C)=O)NC1. The highest BCUT2D eigenvalue weighted by atomic mass is 16.1. The number of carbonyl (C=O) groups is 1. The number of likely N-dealkylation sites (tertiary alicyclic amines) is 1. The van der Waals surface area contributed by atoms with E-state index >= 15 is 0 Å². The van der Waals surface area contributed by atoms with Gasteiger partial charge in [0.2, 0.25) is 0 Å². The molecule has 2 heterocycles. The summed E-state index contributed by atoms with van der Waals surface area (Å²) in [6, 6.07) is 12.2. The van der Waals surface area contributed by atoms with Crippen LogP contribution in [0.25, 0.3) is 0 Å². The maximum atomic E-state index is 11.7. The predicted octanol–water partition coefficient (Wildman–Crippen LogP) is 3.31. The van der Waals surface area contributed by atoms with Crippen molar-refractivity contribution >= 4 is 23.4 Å². The van der Waals surface area contributed by atoms with E-state index in [0.717, 1.165) is 54.9 Å². The molecule has 1 saturated carbocycles. The second-order valence-electron chi connectivity index (χ2n) is 10.4. The van der Waals surface area contributed by atoms with Crippen LogP contribution in [0.1, 0.15) is 48.6 Å². The fourth-order valence-corrected chi connectivity index (χ4v) is 6.19. The molecule has 5 rings (SSSR count). The molecule has 0 bridgehead atoms. The number of nitrogens with zero attached hydrogens (tertiary/aromatic N) is 2. The zero-order valence-electron chi connectivity index (χ0n) is 21.5. The number of para-hydroxylation sites is 1. The van der Waals surface area contributed by atoms with Crippen LogP contribution < -0.4 is 22.1 Å². The second-order valence-corrected chi connectivity index (χ2v) is 10.4. The zero-order chi connectivity index (χ0) is 25.4. The Morgan fingerprint density at radius 3 is 2.58 bits per heavy atom. The van der Waals surface area contributed by atoms with Gasteiger partial charge in [-0.25, -0.2) is 0 Å². The van der Waals surface area contributed by atoms with Crippen molar-refractivity contribution < 1.29 is 4.79 Å². The van der Waals surface area contributed by atoms with Gasteiger partial charge >= 0.3 is 0 Å². The van der Waals surface area contributed by atoms with Crippen LogP contribution in [0.4, 0.5) is 11.4 Å². The number of piperidine rings is 1.